The van der Waals surface area contributed by atoms with E-state index in [0.29, 0.717) is 12.8 Å². The minimum atomic E-state index is -5.61. The number of unbranched alkanes of at least 4 members (excludes halogenated alkanes) is 18. The Bertz CT molecular complexity index is 1630. The standard InChI is InChI=1S/C47H85O19P3/c1-3-5-7-9-11-13-15-17-19-20-22-24-26-28-30-32-34-36-41(49)63-39(37-61-40(48)35-33-31-29-27-25-23-21-18-16-14-12-10-8-6-4-2)38-62-69(59,60)66-45-42(50)43(51)46(64-67(53,54)55)47(44(45)52)65-68(56,57)58/h11-14,17-19,21,39,42-47,50-52H,3-10,15-16,20,22-38H2,1-2H3,(H,59,60)(H2,53,54,55)(H2,56,57,58). The van der Waals surface area contributed by atoms with Crippen molar-refractivity contribution in [3.63, 3.8) is 0 Å². The molecule has 8 unspecified atom stereocenters. The van der Waals surface area contributed by atoms with Gasteiger partial charge in [0.2, 0.25) is 0 Å². The molecule has 1 rings (SSSR count). The lowest BCUT2D eigenvalue weighted by atomic mass is 9.85. The second kappa shape index (κ2) is 38.7. The number of esters is 2. The zero-order valence-corrected chi connectivity index (χ0v) is 43.6. The van der Waals surface area contributed by atoms with E-state index in [2.05, 4.69) is 71.5 Å². The van der Waals surface area contributed by atoms with Crippen LogP contribution in [0.2, 0.25) is 0 Å². The number of hydrogen-bond donors (Lipinski definition) is 8. The number of carbonyl (C=O) groups is 2. The first-order valence-corrected chi connectivity index (χ1v) is 29.5. The van der Waals surface area contributed by atoms with E-state index in [0.717, 1.165) is 103 Å². The fourth-order valence-corrected chi connectivity index (χ4v) is 9.44. The number of phosphoric ester groups is 3. The lowest BCUT2D eigenvalue weighted by Crippen LogP contribution is -2.65. The first-order valence-electron chi connectivity index (χ1n) is 24.9. The molecule has 69 heavy (non-hydrogen) atoms. The van der Waals surface area contributed by atoms with Gasteiger partial charge in [0.1, 0.15) is 43.2 Å². The zero-order chi connectivity index (χ0) is 51.4. The monoisotopic (exact) mass is 1050 g/mol. The summed E-state index contributed by atoms with van der Waals surface area (Å²) in [5, 5.41) is 31.9. The highest BCUT2D eigenvalue weighted by Crippen LogP contribution is 2.51. The number of allylic oxidation sites excluding steroid dienone is 8. The van der Waals surface area contributed by atoms with Crippen molar-refractivity contribution in [2.45, 2.75) is 224 Å². The Morgan fingerprint density at radius 3 is 1.28 bits per heavy atom. The lowest BCUT2D eigenvalue weighted by Gasteiger charge is -2.44. The van der Waals surface area contributed by atoms with Gasteiger partial charge in [-0.2, -0.15) is 0 Å². The highest BCUT2D eigenvalue weighted by Gasteiger charge is 2.56. The van der Waals surface area contributed by atoms with E-state index < -0.39 is 91.3 Å². The molecule has 0 aromatic carbocycles. The minimum absolute atomic E-state index is 0.0152. The molecule has 1 aliphatic rings. The molecule has 0 radical (unpaired) electrons. The Hall–Kier alpha value is -1.89. The number of hydrogen-bond acceptors (Lipinski definition) is 14. The molecule has 0 bridgehead atoms. The third kappa shape index (κ3) is 35.0. The van der Waals surface area contributed by atoms with Crippen LogP contribution in [-0.4, -0.2) is 108 Å². The van der Waals surface area contributed by atoms with Crippen LogP contribution in [0.3, 0.4) is 0 Å². The number of carbonyl (C=O) groups excluding carboxylic acids is 2. The summed E-state index contributed by atoms with van der Waals surface area (Å²) in [6, 6.07) is 0. The molecule has 1 saturated carbocycles. The summed E-state index contributed by atoms with van der Waals surface area (Å²) in [6.07, 6.45) is 25.4. The maximum Gasteiger partial charge on any atom is 0.472 e. The fourth-order valence-electron chi connectivity index (χ4n) is 7.35. The molecule has 402 valence electrons. The first-order chi connectivity index (χ1) is 32.8. The lowest BCUT2D eigenvalue weighted by molar-refractivity contribution is -0.213. The third-order valence-electron chi connectivity index (χ3n) is 11.1. The molecular formula is C47H85O19P3. The molecule has 8 N–H and O–H groups in total. The predicted molar refractivity (Wildman–Crippen MR) is 261 cm³/mol. The normalized spacial score (nSPS) is 21.7. The zero-order valence-electron chi connectivity index (χ0n) is 40.9. The quantitative estimate of drug-likeness (QED) is 0.0122. The minimum Gasteiger partial charge on any atom is -0.462 e. The summed E-state index contributed by atoms with van der Waals surface area (Å²) in [6.45, 7) is 2.88. The van der Waals surface area contributed by atoms with Crippen molar-refractivity contribution in [2.75, 3.05) is 13.2 Å². The van der Waals surface area contributed by atoms with Crippen molar-refractivity contribution in [3.8, 4) is 0 Å². The average molecular weight is 1050 g/mol. The second-order valence-electron chi connectivity index (χ2n) is 17.4. The third-order valence-corrected chi connectivity index (χ3v) is 13.1. The molecule has 1 fully saturated rings. The van der Waals surface area contributed by atoms with Crippen LogP contribution in [0.1, 0.15) is 181 Å². The van der Waals surface area contributed by atoms with Gasteiger partial charge in [-0.25, -0.2) is 13.7 Å². The molecule has 0 saturated heterocycles. The summed E-state index contributed by atoms with van der Waals surface area (Å²) in [4.78, 5) is 73.3. The number of rotatable bonds is 42. The van der Waals surface area contributed by atoms with E-state index in [1.807, 2.05) is 0 Å². The number of ether oxygens (including phenoxy) is 2. The molecule has 0 heterocycles. The summed E-state index contributed by atoms with van der Waals surface area (Å²) in [7, 11) is -16.6. The molecule has 22 heteroatoms. The van der Waals surface area contributed by atoms with E-state index in [1.165, 1.54) is 38.5 Å². The SMILES string of the molecule is CCCCCC=CCC=CCCCCCCCCCC(=O)OC(COC(=O)CCCCCCCC=CCC=CCCCCC)COP(=O)(O)OC1C(O)C(O)C(OP(=O)(O)O)C(OP(=O)(O)O)C1O. The van der Waals surface area contributed by atoms with E-state index in [-0.39, 0.29) is 12.8 Å². The van der Waals surface area contributed by atoms with Crippen molar-refractivity contribution in [1.82, 2.24) is 0 Å². The van der Waals surface area contributed by atoms with Crippen LogP contribution in [0.15, 0.2) is 48.6 Å². The summed E-state index contributed by atoms with van der Waals surface area (Å²) >= 11 is 0. The second-order valence-corrected chi connectivity index (χ2v) is 21.2. The van der Waals surface area contributed by atoms with Crippen molar-refractivity contribution in [3.05, 3.63) is 48.6 Å². The maximum atomic E-state index is 13.1. The first kappa shape index (κ1) is 65.1. The van der Waals surface area contributed by atoms with Crippen LogP contribution >= 0.6 is 23.5 Å². The van der Waals surface area contributed by atoms with E-state index in [4.69, 9.17) is 18.5 Å². The maximum absolute atomic E-state index is 13.1. The molecule has 0 aromatic rings. The molecule has 1 aliphatic carbocycles. The Morgan fingerprint density at radius 1 is 0.464 bits per heavy atom. The topological polar surface area (TPSA) is 303 Å². The van der Waals surface area contributed by atoms with Crippen molar-refractivity contribution >= 4 is 35.4 Å². The smallest absolute Gasteiger partial charge is 0.462 e. The van der Waals surface area contributed by atoms with Crippen molar-refractivity contribution < 1.29 is 90.6 Å². The van der Waals surface area contributed by atoms with Crippen LogP contribution in [0.25, 0.3) is 0 Å². The molecule has 8 atom stereocenters. The van der Waals surface area contributed by atoms with Gasteiger partial charge in [0.05, 0.1) is 6.61 Å². The van der Waals surface area contributed by atoms with Crippen LogP contribution in [-0.2, 0) is 50.9 Å². The van der Waals surface area contributed by atoms with Gasteiger partial charge in [-0.05, 0) is 77.0 Å². The fraction of sp³-hybridized carbons (Fsp3) is 0.787. The Balaban J connectivity index is 2.72. The largest absolute Gasteiger partial charge is 0.472 e. The predicted octanol–water partition coefficient (Wildman–Crippen LogP) is 9.40. The van der Waals surface area contributed by atoms with Gasteiger partial charge in [-0.1, -0.05) is 140 Å². The molecule has 0 spiro atoms. The Kier molecular flexibility index (Phi) is 36.5. The molecule has 0 amide bonds. The highest BCUT2D eigenvalue weighted by atomic mass is 31.2. The van der Waals surface area contributed by atoms with Gasteiger partial charge in [-0.3, -0.25) is 27.7 Å². The van der Waals surface area contributed by atoms with Gasteiger partial charge >= 0.3 is 35.4 Å². The average Bonchev–Trinajstić information content (AvgIpc) is 3.28. The van der Waals surface area contributed by atoms with E-state index >= 15 is 0 Å². The van der Waals surface area contributed by atoms with Gasteiger partial charge in [-0.15, -0.1) is 0 Å². The Labute approximate surface area is 410 Å². The molecule has 19 nitrogen and oxygen atoms in total. The summed E-state index contributed by atoms with van der Waals surface area (Å²) in [5.41, 5.74) is 0. The Morgan fingerprint density at radius 2 is 0.841 bits per heavy atom. The van der Waals surface area contributed by atoms with Gasteiger partial charge < -0.3 is 49.3 Å². The molecule has 0 aliphatic heterocycles. The number of phosphoric acid groups is 3. The van der Waals surface area contributed by atoms with Crippen LogP contribution in [0.4, 0.5) is 0 Å². The van der Waals surface area contributed by atoms with Gasteiger partial charge in [0.25, 0.3) is 0 Å². The van der Waals surface area contributed by atoms with Crippen LogP contribution < -0.4 is 0 Å². The van der Waals surface area contributed by atoms with Gasteiger partial charge in [0, 0.05) is 12.8 Å². The molecular weight excluding hydrogens is 961 g/mol. The molecule has 0 aromatic heterocycles. The van der Waals surface area contributed by atoms with Crippen LogP contribution in [0.5, 0.6) is 0 Å². The van der Waals surface area contributed by atoms with Gasteiger partial charge in [0.15, 0.2) is 6.10 Å². The summed E-state index contributed by atoms with van der Waals surface area (Å²) < 4.78 is 65.5. The van der Waals surface area contributed by atoms with Crippen molar-refractivity contribution in [2.24, 2.45) is 0 Å². The van der Waals surface area contributed by atoms with Crippen LogP contribution in [0, 0.1) is 0 Å². The van der Waals surface area contributed by atoms with Crippen molar-refractivity contribution in [1.29, 1.82) is 0 Å². The van der Waals surface area contributed by atoms with E-state index in [9.17, 15) is 63.1 Å². The number of aliphatic hydroxyl groups excluding tert-OH is 3. The summed E-state index contributed by atoms with van der Waals surface area (Å²) in [5.74, 6) is -1.32. The highest BCUT2D eigenvalue weighted by molar-refractivity contribution is 7.47. The number of aliphatic hydroxyl groups is 3. The van der Waals surface area contributed by atoms with E-state index in [1.54, 1.807) is 0 Å².